The van der Waals surface area contributed by atoms with Crippen molar-refractivity contribution in [2.75, 3.05) is 11.6 Å². The summed E-state index contributed by atoms with van der Waals surface area (Å²) in [4.78, 5) is 7.59. The molecule has 1 aromatic rings. The number of alkyl halides is 1. The molecule has 0 saturated heterocycles. The third-order valence-corrected chi connectivity index (χ3v) is 2.77. The van der Waals surface area contributed by atoms with Crippen LogP contribution in [-0.4, -0.2) is 21.6 Å². The third-order valence-electron chi connectivity index (χ3n) is 1.45. The van der Waals surface area contributed by atoms with Gasteiger partial charge in [-0.05, 0) is 13.3 Å². The summed E-state index contributed by atoms with van der Waals surface area (Å²) in [6.07, 6.45) is 2.23. The average molecular weight is 221 g/mol. The highest BCUT2D eigenvalue weighted by Crippen LogP contribution is 2.20. The van der Waals surface area contributed by atoms with Crippen LogP contribution in [0, 0.1) is 12.7 Å². The van der Waals surface area contributed by atoms with Crippen molar-refractivity contribution < 1.29 is 4.39 Å². The van der Waals surface area contributed by atoms with E-state index >= 15 is 0 Å². The van der Waals surface area contributed by atoms with Gasteiger partial charge in [0.05, 0.1) is 5.69 Å². The highest BCUT2D eigenvalue weighted by Gasteiger charge is 2.06. The molecule has 0 N–H and O–H groups in total. The molecule has 0 aliphatic heterocycles. The third kappa shape index (κ3) is 3.12. The molecular formula is C8H10ClFN2S. The van der Waals surface area contributed by atoms with E-state index in [1.165, 1.54) is 18.1 Å². The van der Waals surface area contributed by atoms with Crippen LogP contribution in [0.4, 0.5) is 4.39 Å². The lowest BCUT2D eigenvalue weighted by Crippen LogP contribution is -1.95. The Bertz CT molecular complexity index is 283. The van der Waals surface area contributed by atoms with E-state index in [-0.39, 0.29) is 5.82 Å². The summed E-state index contributed by atoms with van der Waals surface area (Å²) >= 11 is 6.87. The van der Waals surface area contributed by atoms with Gasteiger partial charge in [0, 0.05) is 11.6 Å². The lowest BCUT2D eigenvalue weighted by Gasteiger charge is -2.01. The smallest absolute Gasteiger partial charge is 0.176 e. The highest BCUT2D eigenvalue weighted by atomic mass is 35.5. The van der Waals surface area contributed by atoms with Gasteiger partial charge >= 0.3 is 0 Å². The van der Waals surface area contributed by atoms with E-state index in [0.29, 0.717) is 16.6 Å². The average Bonchev–Trinajstić information content (AvgIpc) is 2.13. The van der Waals surface area contributed by atoms with Gasteiger partial charge in [0.25, 0.3) is 0 Å². The summed E-state index contributed by atoms with van der Waals surface area (Å²) in [5.41, 5.74) is 0.392. The van der Waals surface area contributed by atoms with Crippen LogP contribution >= 0.6 is 23.4 Å². The van der Waals surface area contributed by atoms with Crippen molar-refractivity contribution in [3.8, 4) is 0 Å². The normalized spacial score (nSPS) is 10.4. The first-order valence-corrected chi connectivity index (χ1v) is 5.43. The van der Waals surface area contributed by atoms with E-state index in [1.54, 1.807) is 6.92 Å². The monoisotopic (exact) mass is 220 g/mol. The van der Waals surface area contributed by atoms with Gasteiger partial charge in [0.1, 0.15) is 11.4 Å². The van der Waals surface area contributed by atoms with Crippen molar-refractivity contribution in [3.05, 3.63) is 17.8 Å². The Balaban J connectivity index is 2.61. The van der Waals surface area contributed by atoms with E-state index in [0.717, 1.165) is 12.2 Å². The van der Waals surface area contributed by atoms with Crippen LogP contribution in [0.1, 0.15) is 12.1 Å². The molecule has 72 valence electrons. The zero-order valence-electron chi connectivity index (χ0n) is 7.26. The summed E-state index contributed by atoms with van der Waals surface area (Å²) in [7, 11) is 0. The topological polar surface area (TPSA) is 25.8 Å². The quantitative estimate of drug-likeness (QED) is 0.338. The molecule has 0 radical (unpaired) electrons. The number of thioether (sulfide) groups is 1. The largest absolute Gasteiger partial charge is 0.239 e. The molecule has 1 aromatic heterocycles. The van der Waals surface area contributed by atoms with Crippen molar-refractivity contribution >= 4 is 23.4 Å². The second-order valence-electron chi connectivity index (χ2n) is 2.47. The minimum atomic E-state index is -0.318. The highest BCUT2D eigenvalue weighted by molar-refractivity contribution is 7.99. The predicted molar refractivity (Wildman–Crippen MR) is 52.8 cm³/mol. The molecule has 1 heterocycles. The zero-order valence-corrected chi connectivity index (χ0v) is 8.83. The van der Waals surface area contributed by atoms with Gasteiger partial charge in [0.15, 0.2) is 5.82 Å². The van der Waals surface area contributed by atoms with E-state index in [9.17, 15) is 4.39 Å². The molecule has 0 aromatic carbocycles. The molecule has 2 nitrogen and oxygen atoms in total. The van der Waals surface area contributed by atoms with Gasteiger partial charge in [-0.25, -0.2) is 14.4 Å². The Hall–Kier alpha value is -0.350. The number of aryl methyl sites for hydroxylation is 1. The van der Waals surface area contributed by atoms with E-state index < -0.39 is 0 Å². The summed E-state index contributed by atoms with van der Waals surface area (Å²) in [6, 6.07) is 0. The molecule has 0 unspecified atom stereocenters. The van der Waals surface area contributed by atoms with Gasteiger partial charge in [-0.3, -0.25) is 0 Å². The van der Waals surface area contributed by atoms with Gasteiger partial charge < -0.3 is 0 Å². The van der Waals surface area contributed by atoms with Gasteiger partial charge in [-0.2, -0.15) is 0 Å². The van der Waals surface area contributed by atoms with Crippen LogP contribution in [0.25, 0.3) is 0 Å². The lowest BCUT2D eigenvalue weighted by molar-refractivity contribution is 0.567. The molecule has 0 aliphatic rings. The van der Waals surface area contributed by atoms with Crippen molar-refractivity contribution in [1.29, 1.82) is 0 Å². The minimum Gasteiger partial charge on any atom is -0.239 e. The first kappa shape index (κ1) is 10.7. The maximum Gasteiger partial charge on any atom is 0.176 e. The summed E-state index contributed by atoms with van der Waals surface area (Å²) < 4.78 is 13.3. The van der Waals surface area contributed by atoms with E-state index in [2.05, 4.69) is 9.97 Å². The second-order valence-corrected chi connectivity index (χ2v) is 3.93. The van der Waals surface area contributed by atoms with Crippen molar-refractivity contribution in [3.63, 3.8) is 0 Å². The first-order valence-electron chi connectivity index (χ1n) is 3.91. The molecule has 13 heavy (non-hydrogen) atoms. The molecule has 1 rings (SSSR count). The molecule has 0 atom stereocenters. The fourth-order valence-corrected chi connectivity index (χ4v) is 1.93. The Morgan fingerprint density at radius 1 is 1.54 bits per heavy atom. The van der Waals surface area contributed by atoms with E-state index in [4.69, 9.17) is 11.6 Å². The van der Waals surface area contributed by atoms with Crippen molar-refractivity contribution in [2.45, 2.75) is 18.4 Å². The van der Waals surface area contributed by atoms with Gasteiger partial charge in [0.2, 0.25) is 0 Å². The Kier molecular flexibility index (Phi) is 4.45. The first-order chi connectivity index (χ1) is 6.25. The van der Waals surface area contributed by atoms with Gasteiger partial charge in [-0.1, -0.05) is 0 Å². The molecule has 0 spiro atoms. The minimum absolute atomic E-state index is 0.318. The number of aromatic nitrogens is 2. The molecule has 0 amide bonds. The van der Waals surface area contributed by atoms with Gasteiger partial charge in [-0.15, -0.1) is 23.4 Å². The van der Waals surface area contributed by atoms with Crippen molar-refractivity contribution in [1.82, 2.24) is 9.97 Å². The summed E-state index contributed by atoms with van der Waals surface area (Å²) in [5.74, 6) is 1.07. The predicted octanol–water partition coefficient (Wildman–Crippen LogP) is 2.65. The number of nitrogens with zero attached hydrogens (tertiary/aromatic N) is 2. The van der Waals surface area contributed by atoms with Crippen LogP contribution in [-0.2, 0) is 0 Å². The number of hydrogen-bond acceptors (Lipinski definition) is 3. The Labute approximate surface area is 85.9 Å². The molecule has 0 saturated carbocycles. The maximum atomic E-state index is 13.3. The van der Waals surface area contributed by atoms with Crippen LogP contribution in [0.5, 0.6) is 0 Å². The lowest BCUT2D eigenvalue weighted by atomic mass is 10.4. The SMILES string of the molecule is Cc1ncnc(SCCCCl)c1F. The fraction of sp³-hybridized carbons (Fsp3) is 0.500. The summed E-state index contributed by atoms with van der Waals surface area (Å²) in [6.45, 7) is 1.63. The number of halogens is 2. The standard InChI is InChI=1S/C8H10ClFN2S/c1-6-7(10)8(12-5-11-6)13-4-2-3-9/h5H,2-4H2,1H3. The maximum absolute atomic E-state index is 13.3. The molecule has 5 heteroatoms. The van der Waals surface area contributed by atoms with Crippen LogP contribution in [0.3, 0.4) is 0 Å². The second kappa shape index (κ2) is 5.40. The number of hydrogen-bond donors (Lipinski definition) is 0. The fourth-order valence-electron chi connectivity index (χ4n) is 0.760. The van der Waals surface area contributed by atoms with E-state index in [1.807, 2.05) is 0 Å². The Morgan fingerprint density at radius 3 is 3.00 bits per heavy atom. The molecule has 0 aliphatic carbocycles. The summed E-state index contributed by atoms with van der Waals surface area (Å²) in [5, 5.41) is 0.414. The van der Waals surface area contributed by atoms with Crippen molar-refractivity contribution in [2.24, 2.45) is 0 Å². The number of rotatable bonds is 4. The van der Waals surface area contributed by atoms with Crippen LogP contribution in [0.15, 0.2) is 11.4 Å². The van der Waals surface area contributed by atoms with Crippen LogP contribution in [0.2, 0.25) is 0 Å². The zero-order chi connectivity index (χ0) is 9.68. The van der Waals surface area contributed by atoms with Crippen LogP contribution < -0.4 is 0 Å². The Morgan fingerprint density at radius 2 is 2.31 bits per heavy atom. The molecule has 0 fully saturated rings. The molecular weight excluding hydrogens is 211 g/mol. The molecule has 0 bridgehead atoms.